The fourth-order valence-corrected chi connectivity index (χ4v) is 2.87. The molecule has 0 radical (unpaired) electrons. The maximum absolute atomic E-state index is 4.69. The average Bonchev–Trinajstić information content (AvgIpc) is 3.09. The quantitative estimate of drug-likeness (QED) is 0.254. The van der Waals surface area contributed by atoms with Crippen LogP contribution in [-0.2, 0) is 6.54 Å². The molecule has 1 aromatic heterocycles. The Morgan fingerprint density at radius 3 is 2.40 bits per heavy atom. The minimum atomic E-state index is 0. The zero-order valence-electron chi connectivity index (χ0n) is 15.8. The summed E-state index contributed by atoms with van der Waals surface area (Å²) in [6.07, 6.45) is 6.56. The summed E-state index contributed by atoms with van der Waals surface area (Å²) in [4.78, 5) is 9.66. The monoisotopic (exact) mass is 462 g/mol. The van der Waals surface area contributed by atoms with E-state index < -0.39 is 0 Å². The number of hydrogen-bond donors (Lipinski definition) is 2. The van der Waals surface area contributed by atoms with Gasteiger partial charge in [0, 0.05) is 64.8 Å². The number of aliphatic imine (C=N–C) groups is 1. The predicted molar refractivity (Wildman–Crippen MR) is 117 cm³/mol. The standard InChI is InChI=1S/C18H34N6.HI/c1-3-19-18(21-9-13-23-11-6-7-12-23)20-8-4-5-10-24-16-14-22(2)15-17-24;/h6-7,11-12H,3-5,8-10,13-17H2,1-2H3,(H2,19,20,21);1H. The Morgan fingerprint density at radius 1 is 1.00 bits per heavy atom. The van der Waals surface area contributed by atoms with Crippen LogP contribution in [0.4, 0.5) is 0 Å². The molecule has 6 nitrogen and oxygen atoms in total. The Kier molecular flexibility index (Phi) is 11.9. The van der Waals surface area contributed by atoms with E-state index in [0.29, 0.717) is 0 Å². The summed E-state index contributed by atoms with van der Waals surface area (Å²) in [6, 6.07) is 4.11. The first-order chi connectivity index (χ1) is 11.8. The molecule has 0 atom stereocenters. The number of guanidine groups is 1. The summed E-state index contributed by atoms with van der Waals surface area (Å²) < 4.78 is 2.17. The van der Waals surface area contributed by atoms with E-state index in [2.05, 4.69) is 68.5 Å². The molecule has 1 fully saturated rings. The molecule has 0 spiro atoms. The fourth-order valence-electron chi connectivity index (χ4n) is 2.87. The highest BCUT2D eigenvalue weighted by Crippen LogP contribution is 2.01. The second-order valence-electron chi connectivity index (χ2n) is 6.46. The van der Waals surface area contributed by atoms with Gasteiger partial charge >= 0.3 is 0 Å². The van der Waals surface area contributed by atoms with Crippen molar-refractivity contribution in [1.29, 1.82) is 0 Å². The minimum Gasteiger partial charge on any atom is -0.357 e. The summed E-state index contributed by atoms with van der Waals surface area (Å²) in [5.74, 6) is 0.934. The van der Waals surface area contributed by atoms with Gasteiger partial charge in [0.2, 0.25) is 0 Å². The third-order valence-electron chi connectivity index (χ3n) is 4.42. The van der Waals surface area contributed by atoms with Crippen LogP contribution in [0.25, 0.3) is 0 Å². The molecule has 2 heterocycles. The van der Waals surface area contributed by atoms with E-state index in [1.54, 1.807) is 0 Å². The van der Waals surface area contributed by atoms with E-state index in [1.807, 2.05) is 0 Å². The molecule has 2 rings (SSSR count). The van der Waals surface area contributed by atoms with Crippen LogP contribution in [-0.4, -0.2) is 79.7 Å². The lowest BCUT2D eigenvalue weighted by Crippen LogP contribution is -2.44. The van der Waals surface area contributed by atoms with Crippen molar-refractivity contribution in [2.75, 3.05) is 59.4 Å². The maximum atomic E-state index is 4.69. The van der Waals surface area contributed by atoms with Gasteiger partial charge in [0.1, 0.15) is 0 Å². The van der Waals surface area contributed by atoms with Gasteiger partial charge in [-0.15, -0.1) is 24.0 Å². The van der Waals surface area contributed by atoms with Crippen LogP contribution >= 0.6 is 24.0 Å². The normalized spacial score (nSPS) is 16.5. The molecule has 0 amide bonds. The number of aromatic nitrogens is 1. The number of nitrogens with zero attached hydrogens (tertiary/aromatic N) is 4. The first kappa shape index (κ1) is 22.2. The zero-order chi connectivity index (χ0) is 17.0. The number of rotatable bonds is 9. The average molecular weight is 462 g/mol. The Morgan fingerprint density at radius 2 is 1.72 bits per heavy atom. The highest BCUT2D eigenvalue weighted by Gasteiger charge is 2.12. The molecule has 0 aromatic carbocycles. The molecule has 2 N–H and O–H groups in total. The SMILES string of the molecule is CCNC(=NCCCCN1CCN(C)CC1)NCCn1cccc1.I. The number of nitrogens with one attached hydrogen (secondary N) is 2. The van der Waals surface area contributed by atoms with Crippen LogP contribution in [0, 0.1) is 0 Å². The van der Waals surface area contributed by atoms with Gasteiger partial charge in [-0.2, -0.15) is 0 Å². The topological polar surface area (TPSA) is 47.8 Å². The van der Waals surface area contributed by atoms with E-state index in [4.69, 9.17) is 0 Å². The van der Waals surface area contributed by atoms with Crippen molar-refractivity contribution >= 4 is 29.9 Å². The molecule has 0 unspecified atom stereocenters. The smallest absolute Gasteiger partial charge is 0.191 e. The molecule has 0 saturated carbocycles. The van der Waals surface area contributed by atoms with E-state index in [1.165, 1.54) is 39.1 Å². The van der Waals surface area contributed by atoms with Crippen molar-refractivity contribution in [3.63, 3.8) is 0 Å². The van der Waals surface area contributed by atoms with E-state index in [9.17, 15) is 0 Å². The molecule has 1 aliphatic rings. The maximum Gasteiger partial charge on any atom is 0.191 e. The summed E-state index contributed by atoms with van der Waals surface area (Å²) >= 11 is 0. The lowest BCUT2D eigenvalue weighted by Gasteiger charge is -2.32. The van der Waals surface area contributed by atoms with E-state index in [0.717, 1.165) is 38.6 Å². The third kappa shape index (κ3) is 9.46. The largest absolute Gasteiger partial charge is 0.357 e. The molecule has 7 heteroatoms. The molecule has 1 aliphatic heterocycles. The van der Waals surface area contributed by atoms with Crippen molar-refractivity contribution in [1.82, 2.24) is 25.0 Å². The molecule has 25 heavy (non-hydrogen) atoms. The molecule has 1 aromatic rings. The Hall–Kier alpha value is -0.800. The Labute approximate surface area is 170 Å². The Balaban J connectivity index is 0.00000312. The molecule has 0 aliphatic carbocycles. The van der Waals surface area contributed by atoms with Crippen molar-refractivity contribution < 1.29 is 0 Å². The fraction of sp³-hybridized carbons (Fsp3) is 0.722. The molecular weight excluding hydrogens is 427 g/mol. The number of hydrogen-bond acceptors (Lipinski definition) is 3. The van der Waals surface area contributed by atoms with Crippen molar-refractivity contribution in [2.24, 2.45) is 4.99 Å². The second kappa shape index (κ2) is 13.4. The van der Waals surface area contributed by atoms with Crippen LogP contribution in [0.15, 0.2) is 29.5 Å². The van der Waals surface area contributed by atoms with Crippen LogP contribution in [0.3, 0.4) is 0 Å². The molecule has 1 saturated heterocycles. The lowest BCUT2D eigenvalue weighted by molar-refractivity contribution is 0.152. The summed E-state index contributed by atoms with van der Waals surface area (Å²) in [5, 5.41) is 6.73. The van der Waals surface area contributed by atoms with Crippen LogP contribution in [0.5, 0.6) is 0 Å². The molecular formula is C18H35IN6. The highest BCUT2D eigenvalue weighted by atomic mass is 127. The van der Waals surface area contributed by atoms with Crippen molar-refractivity contribution in [3.8, 4) is 0 Å². The summed E-state index contributed by atoms with van der Waals surface area (Å²) in [6.45, 7) is 11.8. The number of halogens is 1. The molecule has 144 valence electrons. The van der Waals surface area contributed by atoms with Crippen LogP contribution < -0.4 is 10.6 Å². The highest BCUT2D eigenvalue weighted by molar-refractivity contribution is 14.0. The minimum absolute atomic E-state index is 0. The van der Waals surface area contributed by atoms with Gasteiger partial charge in [0.15, 0.2) is 5.96 Å². The zero-order valence-corrected chi connectivity index (χ0v) is 18.1. The van der Waals surface area contributed by atoms with Crippen molar-refractivity contribution in [2.45, 2.75) is 26.3 Å². The van der Waals surface area contributed by atoms with Gasteiger partial charge in [-0.1, -0.05) is 0 Å². The summed E-state index contributed by atoms with van der Waals surface area (Å²) in [7, 11) is 2.21. The van der Waals surface area contributed by atoms with Gasteiger partial charge in [-0.05, 0) is 45.5 Å². The third-order valence-corrected chi connectivity index (χ3v) is 4.42. The van der Waals surface area contributed by atoms with Gasteiger partial charge in [0.25, 0.3) is 0 Å². The number of piperazine rings is 1. The first-order valence-corrected chi connectivity index (χ1v) is 9.32. The number of unbranched alkanes of at least 4 members (excludes halogenated alkanes) is 1. The van der Waals surface area contributed by atoms with Crippen LogP contribution in [0.2, 0.25) is 0 Å². The van der Waals surface area contributed by atoms with E-state index in [-0.39, 0.29) is 24.0 Å². The van der Waals surface area contributed by atoms with Crippen molar-refractivity contribution in [3.05, 3.63) is 24.5 Å². The van der Waals surface area contributed by atoms with E-state index >= 15 is 0 Å². The lowest BCUT2D eigenvalue weighted by atomic mass is 10.2. The van der Waals surface area contributed by atoms with Gasteiger partial charge in [-0.3, -0.25) is 4.99 Å². The molecule has 0 bridgehead atoms. The second-order valence-corrected chi connectivity index (χ2v) is 6.46. The Bertz CT molecular complexity index is 454. The predicted octanol–water partition coefficient (Wildman–Crippen LogP) is 1.69. The first-order valence-electron chi connectivity index (χ1n) is 9.32. The number of likely N-dealkylation sites (N-methyl/N-ethyl adjacent to an activating group) is 1. The summed E-state index contributed by atoms with van der Waals surface area (Å²) in [5.41, 5.74) is 0. The van der Waals surface area contributed by atoms with Gasteiger partial charge in [-0.25, -0.2) is 0 Å². The van der Waals surface area contributed by atoms with Crippen LogP contribution in [0.1, 0.15) is 19.8 Å². The van der Waals surface area contributed by atoms with Gasteiger partial charge < -0.3 is 25.0 Å². The van der Waals surface area contributed by atoms with Gasteiger partial charge in [0.05, 0.1) is 0 Å².